The van der Waals surface area contributed by atoms with Gasteiger partial charge in [-0.3, -0.25) is 4.79 Å². The van der Waals surface area contributed by atoms with E-state index in [1.165, 1.54) is 36.4 Å². The number of amides is 1. The second-order valence-corrected chi connectivity index (χ2v) is 9.05. The molecule has 3 rings (SSSR count). The fourth-order valence-electron chi connectivity index (χ4n) is 3.00. The van der Waals surface area contributed by atoms with Crippen LogP contribution in [-0.2, 0) is 21.2 Å². The number of nitrogens with zero attached hydrogens (tertiary/aromatic N) is 1. The number of aryl methyl sites for hydroxylation is 1. The van der Waals surface area contributed by atoms with Crippen molar-refractivity contribution >= 4 is 33.2 Å². The van der Waals surface area contributed by atoms with Gasteiger partial charge in [-0.25, -0.2) is 8.42 Å². The van der Waals surface area contributed by atoms with Gasteiger partial charge in [0.2, 0.25) is 0 Å². The molecule has 0 aliphatic carbocycles. The Morgan fingerprint density at radius 2 is 1.41 bits per heavy atom. The molecule has 0 spiro atoms. The summed E-state index contributed by atoms with van der Waals surface area (Å²) in [6.45, 7) is 3.90. The second kappa shape index (κ2) is 10.5. The predicted molar refractivity (Wildman–Crippen MR) is 125 cm³/mol. The number of carbonyl (C=O) groups is 1. The minimum Gasteiger partial charge on any atom is -0.494 e. The van der Waals surface area contributed by atoms with Gasteiger partial charge in [-0.05, 0) is 79.6 Å². The van der Waals surface area contributed by atoms with E-state index < -0.39 is 22.5 Å². The third kappa shape index (κ3) is 5.60. The molecule has 1 amide bonds. The van der Waals surface area contributed by atoms with Crippen LogP contribution in [0.25, 0.3) is 0 Å². The Bertz CT molecular complexity index is 1140. The molecule has 3 aromatic carbocycles. The molecule has 3 aromatic rings. The summed E-state index contributed by atoms with van der Waals surface area (Å²) in [4.78, 5) is 13.0. The normalized spacial score (nSPS) is 11.1. The van der Waals surface area contributed by atoms with Gasteiger partial charge < -0.3 is 9.47 Å². The third-order valence-corrected chi connectivity index (χ3v) is 6.67. The lowest BCUT2D eigenvalue weighted by atomic mass is 10.2. The summed E-state index contributed by atoms with van der Waals surface area (Å²) in [6.07, 6.45) is 0.879. The van der Waals surface area contributed by atoms with Crippen molar-refractivity contribution in [2.24, 2.45) is 0 Å². The summed E-state index contributed by atoms with van der Waals surface area (Å²) < 4.78 is 38.5. The molecule has 168 valence electrons. The number of benzene rings is 3. The van der Waals surface area contributed by atoms with Crippen molar-refractivity contribution in [1.82, 2.24) is 0 Å². The van der Waals surface area contributed by atoms with Crippen LogP contribution in [0.3, 0.4) is 0 Å². The van der Waals surface area contributed by atoms with Crippen molar-refractivity contribution in [1.29, 1.82) is 0 Å². The van der Waals surface area contributed by atoms with Crippen LogP contribution in [0.1, 0.15) is 19.4 Å². The van der Waals surface area contributed by atoms with Gasteiger partial charge in [-0.2, -0.15) is 4.31 Å². The molecule has 0 heterocycles. The minimum atomic E-state index is -4.21. The highest BCUT2D eigenvalue weighted by Gasteiger charge is 2.31. The molecular weight excluding hydrogens is 450 g/mol. The number of hydrogen-bond donors (Lipinski definition) is 0. The Hall–Kier alpha value is -3.03. The summed E-state index contributed by atoms with van der Waals surface area (Å²) in [7, 11) is -4.21. The number of anilines is 1. The molecule has 0 aliphatic heterocycles. The van der Waals surface area contributed by atoms with E-state index in [9.17, 15) is 13.2 Å². The van der Waals surface area contributed by atoms with Crippen LogP contribution >= 0.6 is 11.6 Å². The van der Waals surface area contributed by atoms with E-state index in [-0.39, 0.29) is 10.6 Å². The quantitative estimate of drug-likeness (QED) is 0.432. The highest BCUT2D eigenvalue weighted by Crippen LogP contribution is 2.27. The fraction of sp³-hybridized carbons (Fsp3) is 0.208. The molecule has 32 heavy (non-hydrogen) atoms. The van der Waals surface area contributed by atoms with Gasteiger partial charge in [0.1, 0.15) is 11.5 Å². The molecule has 0 aliphatic rings. The lowest BCUT2D eigenvalue weighted by Crippen LogP contribution is -2.40. The van der Waals surface area contributed by atoms with E-state index in [4.69, 9.17) is 21.1 Å². The molecule has 6 nitrogen and oxygen atoms in total. The second-order valence-electron chi connectivity index (χ2n) is 6.83. The first-order valence-electron chi connectivity index (χ1n) is 10.1. The molecule has 0 fully saturated rings. The first-order valence-corrected chi connectivity index (χ1v) is 11.9. The molecule has 8 heteroatoms. The molecule has 0 unspecified atom stereocenters. The predicted octanol–water partition coefficient (Wildman–Crippen LogP) is 5.10. The van der Waals surface area contributed by atoms with Crippen molar-refractivity contribution < 1.29 is 22.7 Å². The number of ether oxygens (including phenoxy) is 2. The fourth-order valence-corrected chi connectivity index (χ4v) is 4.54. The van der Waals surface area contributed by atoms with E-state index in [1.54, 1.807) is 24.3 Å². The SMILES string of the molecule is CCOc1ccc(N(C(=O)COc2ccc(CC)cc2)S(=O)(=O)c2ccc(Cl)cc2)cc1. The molecule has 0 aromatic heterocycles. The summed E-state index contributed by atoms with van der Waals surface area (Å²) in [5.74, 6) is 0.314. The maximum Gasteiger partial charge on any atom is 0.278 e. The maximum absolute atomic E-state index is 13.4. The van der Waals surface area contributed by atoms with Gasteiger partial charge in [0, 0.05) is 5.02 Å². The zero-order chi connectivity index (χ0) is 23.1. The largest absolute Gasteiger partial charge is 0.494 e. The molecule has 0 N–H and O–H groups in total. The lowest BCUT2D eigenvalue weighted by Gasteiger charge is -2.23. The highest BCUT2D eigenvalue weighted by molar-refractivity contribution is 7.93. The van der Waals surface area contributed by atoms with Crippen LogP contribution in [0.4, 0.5) is 5.69 Å². The van der Waals surface area contributed by atoms with Gasteiger partial charge in [0.25, 0.3) is 15.9 Å². The average Bonchev–Trinajstić information content (AvgIpc) is 2.79. The number of hydrogen-bond acceptors (Lipinski definition) is 5. The van der Waals surface area contributed by atoms with Crippen LogP contribution in [0.15, 0.2) is 77.7 Å². The van der Waals surface area contributed by atoms with Crippen LogP contribution in [0, 0.1) is 0 Å². The van der Waals surface area contributed by atoms with Crippen molar-refractivity contribution in [3.8, 4) is 11.5 Å². The number of carbonyl (C=O) groups excluding carboxylic acids is 1. The Morgan fingerprint density at radius 1 is 0.844 bits per heavy atom. The van der Waals surface area contributed by atoms with Crippen LogP contribution in [0.2, 0.25) is 5.02 Å². The van der Waals surface area contributed by atoms with E-state index in [2.05, 4.69) is 0 Å². The number of halogens is 1. The summed E-state index contributed by atoms with van der Waals surface area (Å²) in [5.41, 5.74) is 1.31. The van der Waals surface area contributed by atoms with Crippen LogP contribution in [-0.4, -0.2) is 27.5 Å². The van der Waals surface area contributed by atoms with Crippen LogP contribution in [0.5, 0.6) is 11.5 Å². The van der Waals surface area contributed by atoms with Gasteiger partial charge in [-0.1, -0.05) is 30.7 Å². The Balaban J connectivity index is 1.91. The van der Waals surface area contributed by atoms with E-state index in [0.29, 0.717) is 23.1 Å². The first-order chi connectivity index (χ1) is 15.3. The van der Waals surface area contributed by atoms with E-state index in [0.717, 1.165) is 16.3 Å². The zero-order valence-electron chi connectivity index (χ0n) is 17.8. The molecule has 0 saturated heterocycles. The Kier molecular flexibility index (Phi) is 7.77. The molecule has 0 radical (unpaired) electrons. The van der Waals surface area contributed by atoms with Crippen molar-refractivity contribution in [3.05, 3.63) is 83.4 Å². The van der Waals surface area contributed by atoms with Crippen molar-refractivity contribution in [2.45, 2.75) is 25.2 Å². The molecule has 0 bridgehead atoms. The standard InChI is InChI=1S/C24H24ClNO5S/c1-3-18-5-11-22(12-6-18)31-17-24(27)26(20-9-13-21(14-10-20)30-4-2)32(28,29)23-15-7-19(25)8-16-23/h5-16H,3-4,17H2,1-2H3. The van der Waals surface area contributed by atoms with E-state index >= 15 is 0 Å². The molecule has 0 saturated carbocycles. The highest BCUT2D eigenvalue weighted by atomic mass is 35.5. The smallest absolute Gasteiger partial charge is 0.278 e. The van der Waals surface area contributed by atoms with Gasteiger partial charge in [-0.15, -0.1) is 0 Å². The third-order valence-electron chi connectivity index (χ3n) is 4.65. The monoisotopic (exact) mass is 473 g/mol. The Labute approximate surface area is 193 Å². The van der Waals surface area contributed by atoms with E-state index in [1.807, 2.05) is 26.0 Å². The Morgan fingerprint density at radius 3 is 1.97 bits per heavy atom. The van der Waals surface area contributed by atoms with Gasteiger partial charge >= 0.3 is 0 Å². The number of sulfonamides is 1. The van der Waals surface area contributed by atoms with Gasteiger partial charge in [0.15, 0.2) is 6.61 Å². The lowest BCUT2D eigenvalue weighted by molar-refractivity contribution is -0.119. The van der Waals surface area contributed by atoms with Crippen molar-refractivity contribution in [3.63, 3.8) is 0 Å². The molecule has 0 atom stereocenters. The summed E-state index contributed by atoms with van der Waals surface area (Å²) in [5, 5.41) is 0.391. The summed E-state index contributed by atoms with van der Waals surface area (Å²) in [6, 6.07) is 19.2. The maximum atomic E-state index is 13.4. The number of rotatable bonds is 9. The zero-order valence-corrected chi connectivity index (χ0v) is 19.4. The minimum absolute atomic E-state index is 0.0589. The van der Waals surface area contributed by atoms with Crippen molar-refractivity contribution in [2.75, 3.05) is 17.5 Å². The van der Waals surface area contributed by atoms with Crippen LogP contribution < -0.4 is 13.8 Å². The molecular formula is C24H24ClNO5S. The first kappa shape index (κ1) is 23.6. The average molecular weight is 474 g/mol. The summed E-state index contributed by atoms with van der Waals surface area (Å²) >= 11 is 5.90. The van der Waals surface area contributed by atoms with Gasteiger partial charge in [0.05, 0.1) is 17.2 Å². The topological polar surface area (TPSA) is 72.9 Å².